The molecule has 1 aromatic heterocycles. The van der Waals surface area contributed by atoms with Gasteiger partial charge >= 0.3 is 0 Å². The van der Waals surface area contributed by atoms with Gasteiger partial charge in [-0.2, -0.15) is 0 Å². The fourth-order valence-corrected chi connectivity index (χ4v) is 2.35. The van der Waals surface area contributed by atoms with Gasteiger partial charge in [0.15, 0.2) is 5.82 Å². The number of hydrogen-bond donors (Lipinski definition) is 1. The van der Waals surface area contributed by atoms with Crippen molar-refractivity contribution in [2.24, 2.45) is 0 Å². The minimum absolute atomic E-state index is 0.121. The van der Waals surface area contributed by atoms with Gasteiger partial charge in [-0.3, -0.25) is 9.59 Å². The average Bonchev–Trinajstić information content (AvgIpc) is 2.85. The normalized spacial score (nSPS) is 10.4. The molecule has 1 aromatic carbocycles. The van der Waals surface area contributed by atoms with Crippen LogP contribution in [0.4, 0.5) is 5.82 Å². The molecule has 1 N–H and O–H groups in total. The molecule has 0 atom stereocenters. The molecular weight excluding hydrogens is 374 g/mol. The van der Waals surface area contributed by atoms with Crippen molar-refractivity contribution in [2.45, 2.75) is 6.92 Å². The van der Waals surface area contributed by atoms with Gasteiger partial charge in [0.25, 0.3) is 5.91 Å². The van der Waals surface area contributed by atoms with Crippen LogP contribution in [0.3, 0.4) is 0 Å². The second-order valence-corrected chi connectivity index (χ2v) is 5.95. The second-order valence-electron chi connectivity index (χ2n) is 4.66. The van der Waals surface area contributed by atoms with E-state index in [1.165, 1.54) is 11.9 Å². The monoisotopic (exact) mass is 385 g/mol. The summed E-state index contributed by atoms with van der Waals surface area (Å²) >= 11 is 9.18. The summed E-state index contributed by atoms with van der Waals surface area (Å²) in [5.74, 6) is 0.207. The number of amides is 2. The van der Waals surface area contributed by atoms with E-state index in [0.717, 1.165) is 0 Å². The van der Waals surface area contributed by atoms with E-state index in [9.17, 15) is 9.59 Å². The van der Waals surface area contributed by atoms with Crippen molar-refractivity contribution < 1.29 is 14.1 Å². The van der Waals surface area contributed by atoms with E-state index in [2.05, 4.69) is 26.4 Å². The van der Waals surface area contributed by atoms with Gasteiger partial charge in [-0.05, 0) is 41.1 Å². The number of aromatic nitrogens is 1. The molecule has 0 aliphatic carbocycles. The molecule has 0 saturated heterocycles. The Balaban J connectivity index is 2.01. The smallest absolute Gasteiger partial charge is 0.255 e. The third-order valence-corrected chi connectivity index (χ3v) is 3.71. The lowest BCUT2D eigenvalue weighted by molar-refractivity contribution is -0.116. The van der Waals surface area contributed by atoms with Crippen LogP contribution in [0.25, 0.3) is 0 Å². The fourth-order valence-electron chi connectivity index (χ4n) is 1.76. The lowest BCUT2D eigenvalue weighted by Gasteiger charge is -2.17. The zero-order valence-electron chi connectivity index (χ0n) is 11.9. The second kappa shape index (κ2) is 6.93. The Morgan fingerprint density at radius 2 is 2.14 bits per heavy atom. The first-order valence-corrected chi connectivity index (χ1v) is 7.47. The van der Waals surface area contributed by atoms with Crippen LogP contribution in [0.15, 0.2) is 33.3 Å². The van der Waals surface area contributed by atoms with E-state index in [1.807, 2.05) is 0 Å². The Morgan fingerprint density at radius 3 is 2.77 bits per heavy atom. The largest absolute Gasteiger partial charge is 0.360 e. The number of halogens is 2. The number of benzene rings is 1. The van der Waals surface area contributed by atoms with Crippen molar-refractivity contribution >= 4 is 45.2 Å². The lowest BCUT2D eigenvalue weighted by Crippen LogP contribution is -2.35. The molecule has 2 amide bonds. The van der Waals surface area contributed by atoms with E-state index in [0.29, 0.717) is 26.6 Å². The molecule has 2 rings (SSSR count). The van der Waals surface area contributed by atoms with Crippen LogP contribution in [0.1, 0.15) is 16.1 Å². The van der Waals surface area contributed by atoms with Gasteiger partial charge in [-0.15, -0.1) is 0 Å². The standard InChI is InChI=1S/C14H13BrClN3O3/c1-8-5-12(18-22-8)17-13(20)7-19(2)14(21)10-6-9(16)3-4-11(10)15/h3-6H,7H2,1-2H3,(H,17,18,20). The third kappa shape index (κ3) is 4.08. The number of nitrogens with zero attached hydrogens (tertiary/aromatic N) is 2. The maximum absolute atomic E-state index is 12.3. The zero-order chi connectivity index (χ0) is 16.3. The van der Waals surface area contributed by atoms with Crippen LogP contribution in [-0.2, 0) is 4.79 Å². The van der Waals surface area contributed by atoms with Gasteiger partial charge < -0.3 is 14.7 Å². The molecule has 116 valence electrons. The lowest BCUT2D eigenvalue weighted by atomic mass is 10.2. The topological polar surface area (TPSA) is 75.4 Å². The van der Waals surface area contributed by atoms with Crippen molar-refractivity contribution in [2.75, 3.05) is 18.9 Å². The molecule has 0 spiro atoms. The van der Waals surface area contributed by atoms with E-state index >= 15 is 0 Å². The fraction of sp³-hybridized carbons (Fsp3) is 0.214. The van der Waals surface area contributed by atoms with Gasteiger partial charge in [0, 0.05) is 22.6 Å². The van der Waals surface area contributed by atoms with Crippen LogP contribution in [0.5, 0.6) is 0 Å². The molecule has 1 heterocycles. The maximum Gasteiger partial charge on any atom is 0.255 e. The molecule has 0 saturated carbocycles. The highest BCUT2D eigenvalue weighted by atomic mass is 79.9. The van der Waals surface area contributed by atoms with Crippen LogP contribution < -0.4 is 5.32 Å². The van der Waals surface area contributed by atoms with Gasteiger partial charge in [0.2, 0.25) is 5.91 Å². The molecule has 0 radical (unpaired) electrons. The molecule has 0 bridgehead atoms. The van der Waals surface area contributed by atoms with Gasteiger partial charge in [0.05, 0.1) is 12.1 Å². The van der Waals surface area contributed by atoms with Crippen molar-refractivity contribution in [3.63, 3.8) is 0 Å². The molecule has 0 aliphatic heterocycles. The number of rotatable bonds is 4. The van der Waals surface area contributed by atoms with Gasteiger partial charge in [0.1, 0.15) is 5.76 Å². The number of carbonyl (C=O) groups is 2. The molecule has 2 aromatic rings. The average molecular weight is 387 g/mol. The summed E-state index contributed by atoms with van der Waals surface area (Å²) in [5.41, 5.74) is 0.389. The summed E-state index contributed by atoms with van der Waals surface area (Å²) in [6.07, 6.45) is 0. The number of carbonyl (C=O) groups excluding carboxylic acids is 2. The summed E-state index contributed by atoms with van der Waals surface area (Å²) in [4.78, 5) is 25.5. The summed E-state index contributed by atoms with van der Waals surface area (Å²) in [7, 11) is 1.53. The molecule has 0 unspecified atom stereocenters. The highest BCUT2D eigenvalue weighted by Crippen LogP contribution is 2.22. The van der Waals surface area contributed by atoms with Crippen LogP contribution in [0.2, 0.25) is 5.02 Å². The molecule has 8 heteroatoms. The summed E-state index contributed by atoms with van der Waals surface area (Å²) in [5, 5.41) is 6.65. The van der Waals surface area contributed by atoms with Gasteiger partial charge in [-0.1, -0.05) is 16.8 Å². The summed E-state index contributed by atoms with van der Waals surface area (Å²) < 4.78 is 5.46. The minimum Gasteiger partial charge on any atom is -0.360 e. The SMILES string of the molecule is Cc1cc(NC(=O)CN(C)C(=O)c2cc(Cl)ccc2Br)no1. The van der Waals surface area contributed by atoms with Crippen molar-refractivity contribution in [1.82, 2.24) is 10.1 Å². The number of nitrogens with one attached hydrogen (secondary N) is 1. The Morgan fingerprint density at radius 1 is 1.41 bits per heavy atom. The Bertz CT molecular complexity index is 717. The van der Waals surface area contributed by atoms with Crippen LogP contribution >= 0.6 is 27.5 Å². The highest BCUT2D eigenvalue weighted by molar-refractivity contribution is 9.10. The molecule has 6 nitrogen and oxygen atoms in total. The minimum atomic E-state index is -0.373. The number of aryl methyl sites for hydroxylation is 1. The third-order valence-electron chi connectivity index (χ3n) is 2.78. The predicted molar refractivity (Wildman–Crippen MR) is 86.0 cm³/mol. The van der Waals surface area contributed by atoms with Crippen LogP contribution in [0, 0.1) is 6.92 Å². The summed E-state index contributed by atoms with van der Waals surface area (Å²) in [6, 6.07) is 6.49. The number of likely N-dealkylation sites (N-methyl/N-ethyl adjacent to an activating group) is 1. The van der Waals surface area contributed by atoms with Gasteiger partial charge in [-0.25, -0.2) is 0 Å². The maximum atomic E-state index is 12.3. The first-order chi connectivity index (χ1) is 10.4. The predicted octanol–water partition coefficient (Wildman–Crippen LogP) is 3.11. The number of hydrogen-bond acceptors (Lipinski definition) is 4. The van der Waals surface area contributed by atoms with Crippen molar-refractivity contribution in [1.29, 1.82) is 0 Å². The van der Waals surface area contributed by atoms with Crippen LogP contribution in [-0.4, -0.2) is 35.5 Å². The van der Waals surface area contributed by atoms with E-state index in [-0.39, 0.29) is 18.4 Å². The Labute approximate surface area is 140 Å². The molecular formula is C14H13BrClN3O3. The van der Waals surface area contributed by atoms with E-state index in [4.69, 9.17) is 16.1 Å². The molecule has 22 heavy (non-hydrogen) atoms. The Hall–Kier alpha value is -1.86. The molecule has 0 fully saturated rings. The molecule has 0 aliphatic rings. The first kappa shape index (κ1) is 16.5. The Kier molecular flexibility index (Phi) is 5.20. The van der Waals surface area contributed by atoms with E-state index < -0.39 is 0 Å². The van der Waals surface area contributed by atoms with Crippen molar-refractivity contribution in [3.05, 3.63) is 45.1 Å². The summed E-state index contributed by atoms with van der Waals surface area (Å²) in [6.45, 7) is 1.60. The van der Waals surface area contributed by atoms with Crippen molar-refractivity contribution in [3.8, 4) is 0 Å². The highest BCUT2D eigenvalue weighted by Gasteiger charge is 2.18. The zero-order valence-corrected chi connectivity index (χ0v) is 14.2. The quantitative estimate of drug-likeness (QED) is 0.876. The number of anilines is 1. The van der Waals surface area contributed by atoms with E-state index in [1.54, 1.807) is 31.2 Å². The first-order valence-electron chi connectivity index (χ1n) is 6.30.